The Balaban J connectivity index is 2.05. The van der Waals surface area contributed by atoms with Gasteiger partial charge in [-0.3, -0.25) is 14.4 Å². The Morgan fingerprint density at radius 1 is 1.33 bits per heavy atom. The monoisotopic (exact) mass is 328 g/mol. The van der Waals surface area contributed by atoms with Crippen molar-refractivity contribution in [3.63, 3.8) is 0 Å². The first-order valence-electron chi connectivity index (χ1n) is 8.02. The van der Waals surface area contributed by atoms with E-state index in [1.165, 1.54) is 10.6 Å². The summed E-state index contributed by atoms with van der Waals surface area (Å²) in [6, 6.07) is 8.68. The summed E-state index contributed by atoms with van der Waals surface area (Å²) in [7, 11) is 1.67. The molecule has 2 aromatic rings. The number of benzene rings is 1. The van der Waals surface area contributed by atoms with Crippen LogP contribution >= 0.6 is 0 Å². The van der Waals surface area contributed by atoms with Gasteiger partial charge in [-0.05, 0) is 18.9 Å². The SMILES string of the molecule is CC(CN(C(=O)c1cc(=O)n(C)c2ccccc12)C1CC1)C(=O)O. The molecule has 1 aromatic carbocycles. The molecular formula is C18H20N2O4. The van der Waals surface area contributed by atoms with Crippen LogP contribution in [0, 0.1) is 5.92 Å². The van der Waals surface area contributed by atoms with E-state index in [4.69, 9.17) is 5.11 Å². The molecule has 1 saturated carbocycles. The standard InChI is InChI=1S/C18H20N2O4/c1-11(18(23)24)10-20(12-7-8-12)17(22)14-9-16(21)19(2)15-6-4-3-5-13(14)15/h3-6,9,11-12H,7-8,10H2,1-2H3,(H,23,24). The molecule has 1 atom stereocenters. The third-order valence-electron chi connectivity index (χ3n) is 4.53. The minimum Gasteiger partial charge on any atom is -0.481 e. The van der Waals surface area contributed by atoms with Gasteiger partial charge in [0.15, 0.2) is 0 Å². The van der Waals surface area contributed by atoms with Crippen molar-refractivity contribution in [2.75, 3.05) is 6.54 Å². The zero-order chi connectivity index (χ0) is 17.4. The quantitative estimate of drug-likeness (QED) is 0.908. The van der Waals surface area contributed by atoms with Gasteiger partial charge in [0.05, 0.1) is 17.0 Å². The van der Waals surface area contributed by atoms with Crippen molar-refractivity contribution < 1.29 is 14.7 Å². The molecular weight excluding hydrogens is 308 g/mol. The van der Waals surface area contributed by atoms with Crippen molar-refractivity contribution >= 4 is 22.8 Å². The number of nitrogens with zero attached hydrogens (tertiary/aromatic N) is 2. The topological polar surface area (TPSA) is 79.6 Å². The highest BCUT2D eigenvalue weighted by molar-refractivity contribution is 6.06. The van der Waals surface area contributed by atoms with Crippen molar-refractivity contribution in [2.24, 2.45) is 13.0 Å². The molecule has 6 heteroatoms. The van der Waals surface area contributed by atoms with Gasteiger partial charge in [-0.25, -0.2) is 0 Å². The van der Waals surface area contributed by atoms with Crippen LogP contribution in [0.1, 0.15) is 30.1 Å². The van der Waals surface area contributed by atoms with Crippen molar-refractivity contribution in [2.45, 2.75) is 25.8 Å². The molecule has 6 nitrogen and oxygen atoms in total. The highest BCUT2D eigenvalue weighted by Crippen LogP contribution is 2.30. The van der Waals surface area contributed by atoms with Crippen LogP contribution < -0.4 is 5.56 Å². The number of aromatic nitrogens is 1. The first-order valence-corrected chi connectivity index (χ1v) is 8.02. The Hall–Kier alpha value is -2.63. The number of carboxylic acids is 1. The number of rotatable bonds is 5. The van der Waals surface area contributed by atoms with Gasteiger partial charge >= 0.3 is 5.97 Å². The maximum absolute atomic E-state index is 13.0. The van der Waals surface area contributed by atoms with Gasteiger partial charge in [0.25, 0.3) is 11.5 Å². The molecule has 1 heterocycles. The maximum atomic E-state index is 13.0. The molecule has 1 fully saturated rings. The molecule has 0 spiro atoms. The number of hydrogen-bond acceptors (Lipinski definition) is 3. The third kappa shape index (κ3) is 2.91. The predicted molar refractivity (Wildman–Crippen MR) is 90.0 cm³/mol. The Labute approximate surface area is 139 Å². The lowest BCUT2D eigenvalue weighted by Gasteiger charge is -2.25. The van der Waals surface area contributed by atoms with Crippen molar-refractivity contribution in [3.8, 4) is 0 Å². The van der Waals surface area contributed by atoms with Crippen LogP contribution in [0.4, 0.5) is 0 Å². The average Bonchev–Trinajstić information content (AvgIpc) is 3.40. The van der Waals surface area contributed by atoms with E-state index in [0.717, 1.165) is 12.8 Å². The summed E-state index contributed by atoms with van der Waals surface area (Å²) in [5, 5.41) is 9.85. The zero-order valence-corrected chi connectivity index (χ0v) is 13.7. The Bertz CT molecular complexity index is 867. The molecule has 1 aliphatic rings. The zero-order valence-electron chi connectivity index (χ0n) is 13.7. The fourth-order valence-corrected chi connectivity index (χ4v) is 2.90. The van der Waals surface area contributed by atoms with Gasteiger partial charge in [-0.2, -0.15) is 0 Å². The number of pyridine rings is 1. The van der Waals surface area contributed by atoms with Crippen LogP contribution in [0.3, 0.4) is 0 Å². The first-order chi connectivity index (χ1) is 11.4. The van der Waals surface area contributed by atoms with E-state index in [-0.39, 0.29) is 24.1 Å². The predicted octanol–water partition coefficient (Wildman–Crippen LogP) is 1.86. The Morgan fingerprint density at radius 2 is 2.00 bits per heavy atom. The number of carboxylic acid groups (broad SMARTS) is 1. The van der Waals surface area contributed by atoms with Gasteiger partial charge < -0.3 is 14.6 Å². The van der Waals surface area contributed by atoms with Crippen LogP contribution in [0.2, 0.25) is 0 Å². The lowest BCUT2D eigenvalue weighted by Crippen LogP contribution is -2.39. The largest absolute Gasteiger partial charge is 0.481 e. The van der Waals surface area contributed by atoms with Crippen LogP contribution in [-0.4, -0.2) is 39.0 Å². The fraction of sp³-hybridized carbons (Fsp3) is 0.389. The highest BCUT2D eigenvalue weighted by Gasteiger charge is 2.35. The van der Waals surface area contributed by atoms with E-state index in [1.54, 1.807) is 24.9 Å². The second kappa shape index (κ2) is 6.11. The number of para-hydroxylation sites is 1. The number of hydrogen-bond donors (Lipinski definition) is 1. The third-order valence-corrected chi connectivity index (χ3v) is 4.53. The van der Waals surface area contributed by atoms with Crippen molar-refractivity contribution in [1.82, 2.24) is 9.47 Å². The second-order valence-electron chi connectivity index (χ2n) is 6.40. The van der Waals surface area contributed by atoms with Crippen LogP contribution in [0.25, 0.3) is 10.9 Å². The summed E-state index contributed by atoms with van der Waals surface area (Å²) in [6.45, 7) is 1.75. The molecule has 0 saturated heterocycles. The average molecular weight is 328 g/mol. The van der Waals surface area contributed by atoms with Gasteiger partial charge in [-0.1, -0.05) is 25.1 Å². The van der Waals surface area contributed by atoms with Crippen molar-refractivity contribution in [1.29, 1.82) is 0 Å². The molecule has 3 rings (SSSR count). The Kier molecular flexibility index (Phi) is 4.13. The number of fused-ring (bicyclic) bond motifs is 1. The summed E-state index contributed by atoms with van der Waals surface area (Å²) < 4.78 is 1.51. The highest BCUT2D eigenvalue weighted by atomic mass is 16.4. The fourth-order valence-electron chi connectivity index (χ4n) is 2.90. The second-order valence-corrected chi connectivity index (χ2v) is 6.40. The summed E-state index contributed by atoms with van der Waals surface area (Å²) in [6.07, 6.45) is 1.75. The van der Waals surface area contributed by atoms with Gasteiger partial charge in [0.2, 0.25) is 0 Å². The molecule has 0 bridgehead atoms. The van der Waals surface area contributed by atoms with E-state index in [1.807, 2.05) is 18.2 Å². The lowest BCUT2D eigenvalue weighted by atomic mass is 10.1. The summed E-state index contributed by atoms with van der Waals surface area (Å²) >= 11 is 0. The lowest BCUT2D eigenvalue weighted by molar-refractivity contribution is -0.141. The number of amides is 1. The number of carbonyl (C=O) groups is 2. The number of aliphatic carboxylic acids is 1. The molecule has 24 heavy (non-hydrogen) atoms. The molecule has 1 unspecified atom stereocenters. The minimum absolute atomic E-state index is 0.0714. The molecule has 0 radical (unpaired) electrons. The number of aryl methyl sites for hydroxylation is 1. The molecule has 1 N–H and O–H groups in total. The van der Waals surface area contributed by atoms with E-state index in [9.17, 15) is 14.4 Å². The molecule has 126 valence electrons. The Morgan fingerprint density at radius 3 is 2.62 bits per heavy atom. The van der Waals surface area contributed by atoms with Crippen molar-refractivity contribution in [3.05, 3.63) is 46.2 Å². The van der Waals surface area contributed by atoms with E-state index in [0.29, 0.717) is 16.5 Å². The van der Waals surface area contributed by atoms with Crippen LogP contribution in [0.15, 0.2) is 35.1 Å². The molecule has 0 aliphatic heterocycles. The van der Waals surface area contributed by atoms with E-state index < -0.39 is 11.9 Å². The summed E-state index contributed by atoms with van der Waals surface area (Å²) in [4.78, 5) is 38.0. The number of carbonyl (C=O) groups excluding carboxylic acids is 1. The molecule has 1 amide bonds. The van der Waals surface area contributed by atoms with E-state index in [2.05, 4.69) is 0 Å². The molecule has 1 aliphatic carbocycles. The minimum atomic E-state index is -0.928. The molecule has 1 aromatic heterocycles. The maximum Gasteiger partial charge on any atom is 0.308 e. The smallest absolute Gasteiger partial charge is 0.308 e. The first kappa shape index (κ1) is 16.2. The summed E-state index contributed by atoms with van der Waals surface area (Å²) in [5.41, 5.74) is 0.785. The van der Waals surface area contributed by atoms with Gasteiger partial charge in [-0.15, -0.1) is 0 Å². The van der Waals surface area contributed by atoms with Crippen LogP contribution in [0.5, 0.6) is 0 Å². The normalized spacial score (nSPS) is 15.2. The summed E-state index contributed by atoms with van der Waals surface area (Å²) in [5.74, 6) is -1.84. The van der Waals surface area contributed by atoms with Gasteiger partial charge in [0.1, 0.15) is 0 Å². The van der Waals surface area contributed by atoms with Crippen LogP contribution in [-0.2, 0) is 11.8 Å². The van der Waals surface area contributed by atoms with Gasteiger partial charge in [0, 0.05) is 31.1 Å². The van der Waals surface area contributed by atoms with E-state index >= 15 is 0 Å².